The maximum absolute atomic E-state index is 5.77. The van der Waals surface area contributed by atoms with Gasteiger partial charge in [0.1, 0.15) is 0 Å². The summed E-state index contributed by atoms with van der Waals surface area (Å²) in [6, 6.07) is 13.4. The Morgan fingerprint density at radius 2 is 1.96 bits per heavy atom. The summed E-state index contributed by atoms with van der Waals surface area (Å²) in [5, 5.41) is 7.60. The molecule has 0 spiro atoms. The Kier molecular flexibility index (Phi) is 7.21. The van der Waals surface area contributed by atoms with Gasteiger partial charge in [-0.25, -0.2) is 0 Å². The highest BCUT2D eigenvalue weighted by molar-refractivity contribution is 9.10. The summed E-state index contributed by atoms with van der Waals surface area (Å²) in [6.45, 7) is 3.93. The molecule has 132 valence electrons. The van der Waals surface area contributed by atoms with Gasteiger partial charge in [-0.05, 0) is 71.8 Å². The van der Waals surface area contributed by atoms with E-state index in [4.69, 9.17) is 21.7 Å². The predicted molar refractivity (Wildman–Crippen MR) is 110 cm³/mol. The second kappa shape index (κ2) is 9.39. The summed E-state index contributed by atoms with van der Waals surface area (Å²) in [5.41, 5.74) is 4.53. The van der Waals surface area contributed by atoms with E-state index >= 15 is 0 Å². The van der Waals surface area contributed by atoms with Crippen molar-refractivity contribution in [3.05, 3.63) is 52.5 Å². The Labute approximate surface area is 161 Å². The summed E-state index contributed by atoms with van der Waals surface area (Å²) in [7, 11) is 1.60. The first-order valence-electron chi connectivity index (χ1n) is 7.69. The van der Waals surface area contributed by atoms with Crippen LogP contribution in [-0.4, -0.2) is 24.5 Å². The molecule has 2 rings (SSSR count). The number of halogens is 1. The summed E-state index contributed by atoms with van der Waals surface area (Å²) in [4.78, 5) is 0. The Hall–Kier alpha value is -2.12. The zero-order valence-electron chi connectivity index (χ0n) is 14.2. The SMILES string of the molecule is COc1cc(/C=N/NC(=S)Nc2ccccc2)cc(Br)c1OC(C)C. The summed E-state index contributed by atoms with van der Waals surface area (Å²) in [6.07, 6.45) is 1.71. The molecule has 0 radical (unpaired) electrons. The topological polar surface area (TPSA) is 54.9 Å². The second-order valence-electron chi connectivity index (χ2n) is 5.39. The maximum atomic E-state index is 5.77. The Balaban J connectivity index is 2.03. The Morgan fingerprint density at radius 1 is 1.24 bits per heavy atom. The molecular formula is C18H20BrN3O2S. The zero-order valence-corrected chi connectivity index (χ0v) is 16.6. The largest absolute Gasteiger partial charge is 0.493 e. The Morgan fingerprint density at radius 3 is 2.60 bits per heavy atom. The minimum atomic E-state index is 0.0489. The molecule has 0 saturated carbocycles. The number of hydrazone groups is 1. The van der Waals surface area contributed by atoms with Gasteiger partial charge < -0.3 is 14.8 Å². The van der Waals surface area contributed by atoms with Gasteiger partial charge in [-0.1, -0.05) is 18.2 Å². The molecule has 0 aliphatic rings. The van der Waals surface area contributed by atoms with Gasteiger partial charge in [-0.3, -0.25) is 5.43 Å². The molecule has 2 aromatic rings. The summed E-state index contributed by atoms with van der Waals surface area (Å²) < 4.78 is 12.0. The molecule has 0 aliphatic heterocycles. The number of methoxy groups -OCH3 is 1. The fraction of sp³-hybridized carbons (Fsp3) is 0.222. The Bertz CT molecular complexity index is 751. The average Bonchev–Trinajstić information content (AvgIpc) is 2.57. The quantitative estimate of drug-likeness (QED) is 0.406. The van der Waals surface area contributed by atoms with E-state index in [1.54, 1.807) is 13.3 Å². The van der Waals surface area contributed by atoms with Crippen molar-refractivity contribution in [1.82, 2.24) is 5.43 Å². The van der Waals surface area contributed by atoms with Crippen LogP contribution in [0.3, 0.4) is 0 Å². The third-order valence-electron chi connectivity index (χ3n) is 3.02. The van der Waals surface area contributed by atoms with Gasteiger partial charge in [0.25, 0.3) is 0 Å². The van der Waals surface area contributed by atoms with Crippen molar-refractivity contribution in [2.45, 2.75) is 20.0 Å². The van der Waals surface area contributed by atoms with Crippen molar-refractivity contribution in [3.63, 3.8) is 0 Å². The molecule has 7 heteroatoms. The van der Waals surface area contributed by atoms with Crippen LogP contribution in [0.5, 0.6) is 11.5 Å². The van der Waals surface area contributed by atoms with E-state index < -0.39 is 0 Å². The number of ether oxygens (including phenoxy) is 2. The van der Waals surface area contributed by atoms with Gasteiger partial charge >= 0.3 is 0 Å². The van der Waals surface area contributed by atoms with Crippen LogP contribution < -0.4 is 20.2 Å². The molecule has 0 fully saturated rings. The summed E-state index contributed by atoms with van der Waals surface area (Å²) >= 11 is 8.71. The van der Waals surface area contributed by atoms with Crippen molar-refractivity contribution in [1.29, 1.82) is 0 Å². The first-order chi connectivity index (χ1) is 12.0. The lowest BCUT2D eigenvalue weighted by Crippen LogP contribution is -2.23. The van der Waals surface area contributed by atoms with Crippen molar-refractivity contribution >= 4 is 45.2 Å². The van der Waals surface area contributed by atoms with Gasteiger partial charge in [0.15, 0.2) is 16.6 Å². The van der Waals surface area contributed by atoms with Crippen LogP contribution in [0.4, 0.5) is 5.69 Å². The first-order valence-corrected chi connectivity index (χ1v) is 8.89. The van der Waals surface area contributed by atoms with Crippen molar-refractivity contribution < 1.29 is 9.47 Å². The van der Waals surface area contributed by atoms with Gasteiger partial charge in [-0.2, -0.15) is 5.10 Å². The van der Waals surface area contributed by atoms with Crippen LogP contribution in [-0.2, 0) is 0 Å². The molecule has 2 aromatic carbocycles. The maximum Gasteiger partial charge on any atom is 0.191 e. The molecule has 0 aliphatic carbocycles. The number of rotatable bonds is 6. The first kappa shape index (κ1) is 19.2. The molecule has 0 atom stereocenters. The van der Waals surface area contributed by atoms with Gasteiger partial charge in [-0.15, -0.1) is 0 Å². The van der Waals surface area contributed by atoms with E-state index in [2.05, 4.69) is 31.8 Å². The number of anilines is 1. The molecule has 0 heterocycles. The van der Waals surface area contributed by atoms with E-state index in [9.17, 15) is 0 Å². The van der Waals surface area contributed by atoms with Gasteiger partial charge in [0.05, 0.1) is 23.9 Å². The van der Waals surface area contributed by atoms with E-state index in [1.165, 1.54) is 0 Å². The highest BCUT2D eigenvalue weighted by atomic mass is 79.9. The number of nitrogens with one attached hydrogen (secondary N) is 2. The van der Waals surface area contributed by atoms with Crippen molar-refractivity contribution in [2.24, 2.45) is 5.10 Å². The number of para-hydroxylation sites is 1. The number of benzene rings is 2. The molecule has 0 saturated heterocycles. The molecule has 2 N–H and O–H groups in total. The minimum absolute atomic E-state index is 0.0489. The number of thiocarbonyl (C=S) groups is 1. The highest BCUT2D eigenvalue weighted by Crippen LogP contribution is 2.36. The van der Waals surface area contributed by atoms with E-state index in [0.29, 0.717) is 16.6 Å². The smallest absolute Gasteiger partial charge is 0.191 e. The second-order valence-corrected chi connectivity index (χ2v) is 6.65. The van der Waals surface area contributed by atoms with Crippen LogP contribution >= 0.6 is 28.1 Å². The third kappa shape index (κ3) is 6.03. The third-order valence-corrected chi connectivity index (χ3v) is 3.80. The molecule has 0 aromatic heterocycles. The molecule has 25 heavy (non-hydrogen) atoms. The molecule has 0 amide bonds. The lowest BCUT2D eigenvalue weighted by molar-refractivity contribution is 0.228. The average molecular weight is 422 g/mol. The lowest BCUT2D eigenvalue weighted by atomic mass is 10.2. The highest BCUT2D eigenvalue weighted by Gasteiger charge is 2.12. The molecule has 5 nitrogen and oxygen atoms in total. The molecule has 0 unspecified atom stereocenters. The van der Waals surface area contributed by atoms with E-state index in [0.717, 1.165) is 15.7 Å². The predicted octanol–water partition coefficient (Wildman–Crippen LogP) is 4.57. The fourth-order valence-corrected chi connectivity index (χ4v) is 2.73. The zero-order chi connectivity index (χ0) is 18.2. The minimum Gasteiger partial charge on any atom is -0.493 e. The van der Waals surface area contributed by atoms with Gasteiger partial charge in [0, 0.05) is 5.69 Å². The van der Waals surface area contributed by atoms with Gasteiger partial charge in [0.2, 0.25) is 0 Å². The van der Waals surface area contributed by atoms with E-state index in [1.807, 2.05) is 56.3 Å². The number of hydrogen-bond acceptors (Lipinski definition) is 4. The van der Waals surface area contributed by atoms with Crippen LogP contribution in [0, 0.1) is 0 Å². The standard InChI is InChI=1S/C18H20BrN3O2S/c1-12(2)24-17-15(19)9-13(10-16(17)23-3)11-20-22-18(25)21-14-7-5-4-6-8-14/h4-12H,1-3H3,(H2,21,22,25)/b20-11+. The van der Waals surface area contributed by atoms with Crippen LogP contribution in [0.1, 0.15) is 19.4 Å². The normalized spacial score (nSPS) is 10.8. The van der Waals surface area contributed by atoms with Crippen LogP contribution in [0.2, 0.25) is 0 Å². The number of nitrogens with zero attached hydrogens (tertiary/aromatic N) is 1. The van der Waals surface area contributed by atoms with Crippen LogP contribution in [0.15, 0.2) is 52.0 Å². The van der Waals surface area contributed by atoms with Crippen molar-refractivity contribution in [2.75, 3.05) is 12.4 Å². The van der Waals surface area contributed by atoms with Crippen molar-refractivity contribution in [3.8, 4) is 11.5 Å². The van der Waals surface area contributed by atoms with E-state index in [-0.39, 0.29) is 6.10 Å². The summed E-state index contributed by atoms with van der Waals surface area (Å²) in [5.74, 6) is 1.30. The lowest BCUT2D eigenvalue weighted by Gasteiger charge is -2.15. The molecular weight excluding hydrogens is 402 g/mol. The molecule has 0 bridgehead atoms. The van der Waals surface area contributed by atoms with Crippen LogP contribution in [0.25, 0.3) is 0 Å². The monoisotopic (exact) mass is 421 g/mol. The number of hydrogen-bond donors (Lipinski definition) is 2. The fourth-order valence-electron chi connectivity index (χ4n) is 2.01.